The minimum atomic E-state index is 0.640. The van der Waals surface area contributed by atoms with Crippen LogP contribution in [0.1, 0.15) is 12.6 Å². The third-order valence-electron chi connectivity index (χ3n) is 2.26. The minimum absolute atomic E-state index is 0.640. The molecule has 2 aromatic rings. The van der Waals surface area contributed by atoms with Crippen LogP contribution in [0, 0.1) is 0 Å². The lowest BCUT2D eigenvalue weighted by atomic mass is 10.1. The molecule has 0 aliphatic rings. The normalized spacial score (nSPS) is 11.1. The number of ether oxygens (including phenoxy) is 1. The molecule has 0 saturated carbocycles. The van der Waals surface area contributed by atoms with Crippen LogP contribution < -0.4 is 4.74 Å². The van der Waals surface area contributed by atoms with Crippen LogP contribution in [0.15, 0.2) is 35.6 Å². The first-order valence-corrected chi connectivity index (χ1v) is 5.04. The zero-order valence-electron chi connectivity index (χ0n) is 8.92. The molecule has 16 heavy (non-hydrogen) atoms. The molecule has 0 saturated heterocycles. The van der Waals surface area contributed by atoms with Gasteiger partial charge in [-0.3, -0.25) is 4.98 Å². The van der Waals surface area contributed by atoms with Crippen LogP contribution in [0.5, 0.6) is 5.75 Å². The number of hydrogen-bond acceptors (Lipinski definition) is 4. The number of oxime groups is 1. The minimum Gasteiger partial charge on any atom is -0.494 e. The van der Waals surface area contributed by atoms with Gasteiger partial charge >= 0.3 is 0 Å². The Morgan fingerprint density at radius 1 is 1.44 bits per heavy atom. The second-order valence-electron chi connectivity index (χ2n) is 3.26. The number of aromatic nitrogens is 1. The van der Waals surface area contributed by atoms with Gasteiger partial charge in [0.1, 0.15) is 5.75 Å². The fourth-order valence-corrected chi connectivity index (χ4v) is 1.59. The highest BCUT2D eigenvalue weighted by Gasteiger charge is 2.01. The highest BCUT2D eigenvalue weighted by atomic mass is 16.5. The van der Waals surface area contributed by atoms with E-state index in [1.165, 1.54) is 6.21 Å². The van der Waals surface area contributed by atoms with Gasteiger partial charge in [-0.2, -0.15) is 0 Å². The molecule has 1 aromatic carbocycles. The lowest BCUT2D eigenvalue weighted by Crippen LogP contribution is -1.93. The zero-order chi connectivity index (χ0) is 11.4. The number of fused-ring (bicyclic) bond motifs is 1. The molecule has 0 bridgehead atoms. The van der Waals surface area contributed by atoms with Crippen molar-refractivity contribution < 1.29 is 9.94 Å². The van der Waals surface area contributed by atoms with Crippen LogP contribution in [0.3, 0.4) is 0 Å². The fourth-order valence-electron chi connectivity index (χ4n) is 1.59. The van der Waals surface area contributed by atoms with Crippen LogP contribution in [-0.4, -0.2) is 23.0 Å². The molecular formula is C12H12N2O2. The van der Waals surface area contributed by atoms with Gasteiger partial charge in [0, 0.05) is 11.6 Å². The Balaban J connectivity index is 2.54. The molecule has 0 spiro atoms. The summed E-state index contributed by atoms with van der Waals surface area (Å²) in [6, 6.07) is 7.62. The molecule has 0 amide bonds. The van der Waals surface area contributed by atoms with Gasteiger partial charge in [0.15, 0.2) is 0 Å². The molecule has 1 aromatic heterocycles. The molecule has 1 N–H and O–H groups in total. The summed E-state index contributed by atoms with van der Waals surface area (Å²) in [6.45, 7) is 2.59. The lowest BCUT2D eigenvalue weighted by Gasteiger charge is -2.05. The maximum atomic E-state index is 8.52. The van der Waals surface area contributed by atoms with Gasteiger partial charge < -0.3 is 9.94 Å². The second kappa shape index (κ2) is 4.61. The van der Waals surface area contributed by atoms with Crippen LogP contribution in [0.25, 0.3) is 10.8 Å². The monoisotopic (exact) mass is 216 g/mol. The highest BCUT2D eigenvalue weighted by molar-refractivity contribution is 5.98. The molecule has 0 atom stereocenters. The molecular weight excluding hydrogens is 204 g/mol. The fraction of sp³-hybridized carbons (Fsp3) is 0.167. The van der Waals surface area contributed by atoms with E-state index in [0.717, 1.165) is 16.5 Å². The van der Waals surface area contributed by atoms with E-state index in [1.807, 2.05) is 31.2 Å². The molecule has 2 rings (SSSR count). The van der Waals surface area contributed by atoms with E-state index in [-0.39, 0.29) is 0 Å². The number of rotatable bonds is 3. The van der Waals surface area contributed by atoms with Gasteiger partial charge in [-0.25, -0.2) is 0 Å². The van der Waals surface area contributed by atoms with E-state index in [1.54, 1.807) is 6.20 Å². The number of pyridine rings is 1. The van der Waals surface area contributed by atoms with E-state index in [2.05, 4.69) is 10.1 Å². The Kier molecular flexibility index (Phi) is 3.00. The Hall–Kier alpha value is -2.10. The predicted molar refractivity (Wildman–Crippen MR) is 62.3 cm³/mol. The Morgan fingerprint density at radius 3 is 3.06 bits per heavy atom. The molecule has 0 unspecified atom stereocenters. The van der Waals surface area contributed by atoms with Crippen molar-refractivity contribution in [2.45, 2.75) is 6.92 Å². The Bertz CT molecular complexity index is 523. The molecule has 0 aliphatic heterocycles. The SMILES string of the molecule is CCOc1ccc2c(/C=N/O)nccc2c1. The topological polar surface area (TPSA) is 54.7 Å². The summed E-state index contributed by atoms with van der Waals surface area (Å²) in [4.78, 5) is 4.12. The quantitative estimate of drug-likeness (QED) is 0.487. The summed E-state index contributed by atoms with van der Waals surface area (Å²) in [5, 5.41) is 13.5. The van der Waals surface area contributed by atoms with Crippen molar-refractivity contribution >= 4 is 17.0 Å². The Morgan fingerprint density at radius 2 is 2.31 bits per heavy atom. The third kappa shape index (κ3) is 1.95. The van der Waals surface area contributed by atoms with Gasteiger partial charge in [-0.05, 0) is 36.6 Å². The summed E-state index contributed by atoms with van der Waals surface area (Å²) >= 11 is 0. The summed E-state index contributed by atoms with van der Waals surface area (Å²) in [5.74, 6) is 0.827. The average Bonchev–Trinajstić information content (AvgIpc) is 2.30. The lowest BCUT2D eigenvalue weighted by molar-refractivity contribution is 0.321. The van der Waals surface area contributed by atoms with Crippen molar-refractivity contribution in [2.24, 2.45) is 5.16 Å². The van der Waals surface area contributed by atoms with Crippen molar-refractivity contribution in [3.63, 3.8) is 0 Å². The smallest absolute Gasteiger partial charge is 0.119 e. The van der Waals surface area contributed by atoms with E-state index in [0.29, 0.717) is 12.3 Å². The number of hydrogen-bond donors (Lipinski definition) is 1. The van der Waals surface area contributed by atoms with Crippen LogP contribution in [0.2, 0.25) is 0 Å². The molecule has 1 heterocycles. The number of nitrogens with zero attached hydrogens (tertiary/aromatic N) is 2. The molecule has 4 heteroatoms. The van der Waals surface area contributed by atoms with Crippen molar-refractivity contribution in [1.29, 1.82) is 0 Å². The van der Waals surface area contributed by atoms with Crippen LogP contribution >= 0.6 is 0 Å². The van der Waals surface area contributed by atoms with E-state index in [9.17, 15) is 0 Å². The van der Waals surface area contributed by atoms with E-state index >= 15 is 0 Å². The predicted octanol–water partition coefficient (Wildman–Crippen LogP) is 2.44. The largest absolute Gasteiger partial charge is 0.494 e. The molecule has 82 valence electrons. The third-order valence-corrected chi connectivity index (χ3v) is 2.26. The van der Waals surface area contributed by atoms with Crippen molar-refractivity contribution in [1.82, 2.24) is 4.98 Å². The maximum Gasteiger partial charge on any atom is 0.119 e. The maximum absolute atomic E-state index is 8.52. The van der Waals surface area contributed by atoms with Gasteiger partial charge in [-0.15, -0.1) is 0 Å². The van der Waals surface area contributed by atoms with Crippen LogP contribution in [0.4, 0.5) is 0 Å². The molecule has 4 nitrogen and oxygen atoms in total. The first-order valence-electron chi connectivity index (χ1n) is 5.04. The summed E-state index contributed by atoms with van der Waals surface area (Å²) < 4.78 is 5.41. The van der Waals surface area contributed by atoms with Crippen molar-refractivity contribution in [2.75, 3.05) is 6.61 Å². The van der Waals surface area contributed by atoms with E-state index in [4.69, 9.17) is 9.94 Å². The summed E-state index contributed by atoms with van der Waals surface area (Å²) in [7, 11) is 0. The zero-order valence-corrected chi connectivity index (χ0v) is 8.92. The number of benzene rings is 1. The van der Waals surface area contributed by atoms with Crippen molar-refractivity contribution in [3.05, 3.63) is 36.2 Å². The molecule has 0 aliphatic carbocycles. The highest BCUT2D eigenvalue weighted by Crippen LogP contribution is 2.21. The second-order valence-corrected chi connectivity index (χ2v) is 3.26. The summed E-state index contributed by atoms with van der Waals surface area (Å²) in [6.07, 6.45) is 3.00. The first kappa shape index (κ1) is 10.4. The average molecular weight is 216 g/mol. The molecule has 0 fully saturated rings. The van der Waals surface area contributed by atoms with Gasteiger partial charge in [-0.1, -0.05) is 5.16 Å². The standard InChI is InChI=1S/C12H12N2O2/c1-2-16-10-3-4-11-9(7-10)5-6-13-12(11)8-14-15/h3-8,15H,2H2,1H3/b14-8+. The first-order chi connectivity index (χ1) is 7.85. The van der Waals surface area contributed by atoms with Crippen LogP contribution in [-0.2, 0) is 0 Å². The van der Waals surface area contributed by atoms with Gasteiger partial charge in [0.2, 0.25) is 0 Å². The van der Waals surface area contributed by atoms with Gasteiger partial charge in [0.05, 0.1) is 18.5 Å². The van der Waals surface area contributed by atoms with E-state index < -0.39 is 0 Å². The summed E-state index contributed by atoms with van der Waals surface area (Å²) in [5.41, 5.74) is 0.642. The van der Waals surface area contributed by atoms with Crippen molar-refractivity contribution in [3.8, 4) is 5.75 Å². The Labute approximate surface area is 93.2 Å². The van der Waals surface area contributed by atoms with Gasteiger partial charge in [0.25, 0.3) is 0 Å². The molecule has 0 radical (unpaired) electrons.